The molecule has 6 heteroatoms. The number of aliphatic hydroxyl groups is 1. The van der Waals surface area contributed by atoms with E-state index in [0.29, 0.717) is 0 Å². The minimum atomic E-state index is 0. The van der Waals surface area contributed by atoms with Crippen molar-refractivity contribution in [3.63, 3.8) is 0 Å². The third-order valence-corrected chi connectivity index (χ3v) is 5.46. The van der Waals surface area contributed by atoms with Crippen LogP contribution in [0.25, 0.3) is 10.9 Å². The number of hydrogen-bond donors (Lipinski definition) is 3. The molecular formula is C22H35IN4O. The van der Waals surface area contributed by atoms with E-state index in [-0.39, 0.29) is 36.0 Å². The predicted molar refractivity (Wildman–Crippen MR) is 130 cm³/mol. The van der Waals surface area contributed by atoms with Gasteiger partial charge in [0.25, 0.3) is 0 Å². The van der Waals surface area contributed by atoms with Crippen LogP contribution >= 0.6 is 24.0 Å². The summed E-state index contributed by atoms with van der Waals surface area (Å²) >= 11 is 0. The van der Waals surface area contributed by atoms with Gasteiger partial charge in [-0.2, -0.15) is 0 Å². The number of halogens is 1. The maximum Gasteiger partial charge on any atom is 0.191 e. The van der Waals surface area contributed by atoms with Gasteiger partial charge in [0, 0.05) is 37.8 Å². The summed E-state index contributed by atoms with van der Waals surface area (Å²) in [5.41, 5.74) is 2.40. The molecule has 1 aromatic carbocycles. The van der Waals surface area contributed by atoms with E-state index in [4.69, 9.17) is 4.99 Å². The summed E-state index contributed by atoms with van der Waals surface area (Å²) in [5.74, 6) is 0.843. The lowest BCUT2D eigenvalue weighted by atomic mass is 9.79. The van der Waals surface area contributed by atoms with Crippen molar-refractivity contribution in [2.45, 2.75) is 46.5 Å². The van der Waals surface area contributed by atoms with Crippen LogP contribution in [0.3, 0.4) is 0 Å². The SMILES string of the molecule is CCNC(=NCC(CC)(CC)CCO)NCCc1cccc2cccnc12.I. The van der Waals surface area contributed by atoms with E-state index in [1.54, 1.807) is 0 Å². The van der Waals surface area contributed by atoms with Crippen molar-refractivity contribution in [2.75, 3.05) is 26.2 Å². The van der Waals surface area contributed by atoms with Crippen LogP contribution in [0.15, 0.2) is 41.5 Å². The van der Waals surface area contributed by atoms with Crippen LogP contribution in [-0.2, 0) is 6.42 Å². The summed E-state index contributed by atoms with van der Waals surface area (Å²) in [4.78, 5) is 9.34. The summed E-state index contributed by atoms with van der Waals surface area (Å²) in [6.07, 6.45) is 5.58. The molecule has 0 aliphatic heterocycles. The first kappa shape index (κ1) is 24.6. The molecule has 0 aliphatic carbocycles. The smallest absolute Gasteiger partial charge is 0.191 e. The van der Waals surface area contributed by atoms with Crippen LogP contribution in [-0.4, -0.2) is 42.3 Å². The second kappa shape index (κ2) is 12.9. The minimum absolute atomic E-state index is 0. The van der Waals surface area contributed by atoms with Crippen LogP contribution in [0.1, 0.15) is 45.6 Å². The van der Waals surface area contributed by atoms with Gasteiger partial charge in [-0.3, -0.25) is 9.98 Å². The van der Waals surface area contributed by atoms with Gasteiger partial charge < -0.3 is 15.7 Å². The first-order valence-corrected chi connectivity index (χ1v) is 10.1. The Morgan fingerprint density at radius 1 is 1.11 bits per heavy atom. The molecule has 0 unspecified atom stereocenters. The number of nitrogens with one attached hydrogen (secondary N) is 2. The number of rotatable bonds is 10. The minimum Gasteiger partial charge on any atom is -0.396 e. The van der Waals surface area contributed by atoms with Gasteiger partial charge in [-0.1, -0.05) is 38.1 Å². The van der Waals surface area contributed by atoms with Crippen molar-refractivity contribution in [3.8, 4) is 0 Å². The van der Waals surface area contributed by atoms with Gasteiger partial charge in [0.2, 0.25) is 0 Å². The molecule has 156 valence electrons. The number of nitrogens with zero attached hydrogens (tertiary/aromatic N) is 2. The number of aromatic nitrogens is 1. The predicted octanol–water partition coefficient (Wildman–Crippen LogP) is 4.14. The van der Waals surface area contributed by atoms with E-state index in [1.165, 1.54) is 10.9 Å². The van der Waals surface area contributed by atoms with Crippen molar-refractivity contribution in [1.29, 1.82) is 0 Å². The molecule has 2 rings (SSSR count). The first-order chi connectivity index (χ1) is 13.2. The van der Waals surface area contributed by atoms with Crippen molar-refractivity contribution < 1.29 is 5.11 Å². The number of benzene rings is 1. The number of fused-ring (bicyclic) bond motifs is 1. The number of aliphatic imine (C=N–C) groups is 1. The molecule has 0 spiro atoms. The number of para-hydroxylation sites is 1. The molecule has 0 saturated carbocycles. The fourth-order valence-electron chi connectivity index (χ4n) is 3.42. The van der Waals surface area contributed by atoms with Crippen LogP contribution in [0.2, 0.25) is 0 Å². The molecule has 28 heavy (non-hydrogen) atoms. The number of hydrogen-bond acceptors (Lipinski definition) is 3. The topological polar surface area (TPSA) is 69.5 Å². The molecule has 0 aliphatic rings. The van der Waals surface area contributed by atoms with Gasteiger partial charge in [0.1, 0.15) is 0 Å². The van der Waals surface area contributed by atoms with Crippen molar-refractivity contribution >= 4 is 40.8 Å². The van der Waals surface area contributed by atoms with Gasteiger partial charge >= 0.3 is 0 Å². The summed E-state index contributed by atoms with van der Waals surface area (Å²) < 4.78 is 0. The highest BCUT2D eigenvalue weighted by molar-refractivity contribution is 14.0. The van der Waals surface area contributed by atoms with E-state index in [1.807, 2.05) is 12.3 Å². The van der Waals surface area contributed by atoms with Crippen LogP contribution < -0.4 is 10.6 Å². The Bertz CT molecular complexity index is 726. The monoisotopic (exact) mass is 498 g/mol. The first-order valence-electron chi connectivity index (χ1n) is 10.1. The molecule has 0 fully saturated rings. The Kier molecular flexibility index (Phi) is 11.4. The fraction of sp³-hybridized carbons (Fsp3) is 0.545. The summed E-state index contributed by atoms with van der Waals surface area (Å²) in [5, 5.41) is 17.4. The molecule has 5 nitrogen and oxygen atoms in total. The van der Waals surface area contributed by atoms with Crippen LogP contribution in [0, 0.1) is 5.41 Å². The number of aliphatic hydroxyl groups excluding tert-OH is 1. The summed E-state index contributed by atoms with van der Waals surface area (Å²) in [6.45, 7) is 9.01. The van der Waals surface area contributed by atoms with Crippen molar-refractivity contribution in [1.82, 2.24) is 15.6 Å². The second-order valence-electron chi connectivity index (χ2n) is 7.04. The molecule has 0 atom stereocenters. The van der Waals surface area contributed by atoms with Crippen molar-refractivity contribution in [2.24, 2.45) is 10.4 Å². The summed E-state index contributed by atoms with van der Waals surface area (Å²) in [7, 11) is 0. The fourth-order valence-corrected chi connectivity index (χ4v) is 3.42. The van der Waals surface area contributed by atoms with Gasteiger partial charge in [-0.15, -0.1) is 24.0 Å². The van der Waals surface area contributed by atoms with E-state index < -0.39 is 0 Å². The highest BCUT2D eigenvalue weighted by Crippen LogP contribution is 2.30. The van der Waals surface area contributed by atoms with Crippen LogP contribution in [0.5, 0.6) is 0 Å². The molecule has 0 bridgehead atoms. The highest BCUT2D eigenvalue weighted by atomic mass is 127. The highest BCUT2D eigenvalue weighted by Gasteiger charge is 2.25. The molecule has 2 aromatic rings. The normalized spacial score (nSPS) is 11.9. The van der Waals surface area contributed by atoms with E-state index in [0.717, 1.165) is 56.8 Å². The van der Waals surface area contributed by atoms with Gasteiger partial charge in [-0.05, 0) is 49.7 Å². The van der Waals surface area contributed by atoms with Crippen LogP contribution in [0.4, 0.5) is 0 Å². The molecule has 3 N–H and O–H groups in total. The lowest BCUT2D eigenvalue weighted by Crippen LogP contribution is -2.39. The Morgan fingerprint density at radius 2 is 1.86 bits per heavy atom. The Balaban J connectivity index is 0.00000392. The quantitative estimate of drug-likeness (QED) is 0.262. The van der Waals surface area contributed by atoms with Gasteiger partial charge in [0.15, 0.2) is 5.96 Å². The Labute approximate surface area is 186 Å². The number of pyridine rings is 1. The van der Waals surface area contributed by atoms with E-state index in [2.05, 4.69) is 60.7 Å². The second-order valence-corrected chi connectivity index (χ2v) is 7.04. The molecule has 0 saturated heterocycles. The van der Waals surface area contributed by atoms with Gasteiger partial charge in [-0.25, -0.2) is 0 Å². The molecule has 1 aromatic heterocycles. The maximum atomic E-state index is 9.40. The Morgan fingerprint density at radius 3 is 2.54 bits per heavy atom. The zero-order valence-corrected chi connectivity index (χ0v) is 19.7. The summed E-state index contributed by atoms with van der Waals surface area (Å²) in [6, 6.07) is 10.4. The lowest BCUT2D eigenvalue weighted by molar-refractivity contribution is 0.175. The standard InChI is InChI=1S/C22H34N4O.HI/c1-4-22(5-2,13-16-27)17-26-21(23-6-3)25-15-12-19-10-7-9-18-11-8-14-24-20(18)19;/h7-11,14,27H,4-6,12-13,15-17H2,1-3H3,(H2,23,25,26);1H. The largest absolute Gasteiger partial charge is 0.396 e. The zero-order valence-electron chi connectivity index (χ0n) is 17.4. The molecular weight excluding hydrogens is 463 g/mol. The van der Waals surface area contributed by atoms with Gasteiger partial charge in [0.05, 0.1) is 5.52 Å². The van der Waals surface area contributed by atoms with E-state index in [9.17, 15) is 5.11 Å². The third-order valence-electron chi connectivity index (χ3n) is 5.46. The van der Waals surface area contributed by atoms with E-state index >= 15 is 0 Å². The molecule has 1 heterocycles. The lowest BCUT2D eigenvalue weighted by Gasteiger charge is -2.29. The maximum absolute atomic E-state index is 9.40. The molecule has 0 radical (unpaired) electrons. The third kappa shape index (κ3) is 6.88. The van der Waals surface area contributed by atoms with Crippen molar-refractivity contribution in [3.05, 3.63) is 42.1 Å². The Hall–Kier alpha value is -1.41. The molecule has 0 amide bonds. The average Bonchev–Trinajstić information content (AvgIpc) is 2.71. The zero-order chi connectivity index (χ0) is 19.5. The number of guanidine groups is 1. The average molecular weight is 498 g/mol.